The molecule has 0 fully saturated rings. The van der Waals surface area contributed by atoms with Gasteiger partial charge in [-0.3, -0.25) is 0 Å². The zero-order valence-electron chi connectivity index (χ0n) is 11.8. The molecule has 0 saturated carbocycles. The molecule has 0 aliphatic rings. The third kappa shape index (κ3) is 4.41. The van der Waals surface area contributed by atoms with Gasteiger partial charge < -0.3 is 14.8 Å². The largest absolute Gasteiger partial charge is 0.495 e. The van der Waals surface area contributed by atoms with E-state index in [1.165, 1.54) is 7.11 Å². The summed E-state index contributed by atoms with van der Waals surface area (Å²) in [7, 11) is 1.29. The topological polar surface area (TPSA) is 71.4 Å². The van der Waals surface area contributed by atoms with Crippen LogP contribution in [-0.2, 0) is 15.7 Å². The van der Waals surface area contributed by atoms with Crippen LogP contribution in [0.25, 0.3) is 0 Å². The van der Waals surface area contributed by atoms with Crippen LogP contribution in [0.5, 0.6) is 5.75 Å². The molecule has 0 saturated heterocycles. The summed E-state index contributed by atoms with van der Waals surface area (Å²) < 4.78 is 47.6. The number of ether oxygens (including phenoxy) is 2. The van der Waals surface area contributed by atoms with Crippen molar-refractivity contribution in [3.05, 3.63) is 35.5 Å². The fourth-order valence-corrected chi connectivity index (χ4v) is 1.49. The van der Waals surface area contributed by atoms with E-state index in [9.17, 15) is 18.0 Å². The highest BCUT2D eigenvalue weighted by atomic mass is 19.4. The number of carbonyl (C=O) groups excluding carboxylic acids is 1. The Labute approximate surface area is 124 Å². The first-order valence-corrected chi connectivity index (χ1v) is 6.12. The monoisotopic (exact) mass is 314 g/mol. The van der Waals surface area contributed by atoms with Gasteiger partial charge in [0.25, 0.3) is 0 Å². The number of rotatable bonds is 5. The third-order valence-electron chi connectivity index (χ3n) is 2.51. The van der Waals surface area contributed by atoms with E-state index in [1.807, 2.05) is 0 Å². The molecular formula is C14H13F3N2O3. The summed E-state index contributed by atoms with van der Waals surface area (Å²) in [5.41, 5.74) is -1.30. The molecule has 0 radical (unpaired) electrons. The minimum atomic E-state index is -4.52. The van der Waals surface area contributed by atoms with Gasteiger partial charge in [-0.15, -0.1) is 0 Å². The van der Waals surface area contributed by atoms with Gasteiger partial charge in [0.15, 0.2) is 5.57 Å². The molecule has 1 rings (SSSR count). The first-order chi connectivity index (χ1) is 10.3. The van der Waals surface area contributed by atoms with E-state index in [2.05, 4.69) is 10.1 Å². The molecule has 0 unspecified atom stereocenters. The van der Waals surface area contributed by atoms with Gasteiger partial charge in [0.1, 0.15) is 11.8 Å². The number of nitrogens with one attached hydrogen (secondary N) is 1. The molecule has 0 heterocycles. The Morgan fingerprint density at radius 2 is 2.14 bits per heavy atom. The van der Waals surface area contributed by atoms with Crippen molar-refractivity contribution in [3.8, 4) is 11.8 Å². The normalized spacial score (nSPS) is 11.5. The molecule has 0 aromatic heterocycles. The van der Waals surface area contributed by atoms with Gasteiger partial charge in [-0.25, -0.2) is 4.79 Å². The zero-order chi connectivity index (χ0) is 16.8. The average molecular weight is 314 g/mol. The Kier molecular flexibility index (Phi) is 5.81. The van der Waals surface area contributed by atoms with Gasteiger partial charge in [0.2, 0.25) is 0 Å². The van der Waals surface area contributed by atoms with E-state index >= 15 is 0 Å². The van der Waals surface area contributed by atoms with Crippen LogP contribution in [0.3, 0.4) is 0 Å². The molecule has 0 amide bonds. The highest BCUT2D eigenvalue weighted by Gasteiger charge is 2.31. The van der Waals surface area contributed by atoms with Crippen LogP contribution in [0.1, 0.15) is 12.5 Å². The zero-order valence-corrected chi connectivity index (χ0v) is 11.8. The third-order valence-corrected chi connectivity index (χ3v) is 2.51. The molecule has 0 aliphatic carbocycles. The van der Waals surface area contributed by atoms with Gasteiger partial charge in [-0.2, -0.15) is 18.4 Å². The maximum absolute atomic E-state index is 12.7. The van der Waals surface area contributed by atoms with Crippen LogP contribution < -0.4 is 10.1 Å². The Bertz CT molecular complexity index is 619. The molecule has 1 N–H and O–H groups in total. The van der Waals surface area contributed by atoms with E-state index in [4.69, 9.17) is 10.00 Å². The number of nitrogens with zero attached hydrogens (tertiary/aromatic N) is 1. The molecule has 1 aromatic carbocycles. The first-order valence-electron chi connectivity index (χ1n) is 6.12. The summed E-state index contributed by atoms with van der Waals surface area (Å²) in [6, 6.07) is 4.41. The van der Waals surface area contributed by atoms with Gasteiger partial charge in [-0.1, -0.05) is 0 Å². The number of hydrogen-bond donors (Lipinski definition) is 1. The molecule has 0 spiro atoms. The van der Waals surface area contributed by atoms with E-state index < -0.39 is 17.7 Å². The lowest BCUT2D eigenvalue weighted by Gasteiger charge is -2.12. The summed E-state index contributed by atoms with van der Waals surface area (Å²) in [6.07, 6.45) is -3.55. The standard InChI is InChI=1S/C14H13F3N2O3/c1-3-22-13(20)9(7-18)8-19-11-6-10(14(15,16)17)4-5-12(11)21-2/h4-6,8,19H,3H2,1-2H3. The van der Waals surface area contributed by atoms with Crippen molar-refractivity contribution in [2.45, 2.75) is 13.1 Å². The lowest BCUT2D eigenvalue weighted by molar-refractivity contribution is -0.138. The minimum absolute atomic E-state index is 0.0330. The molecule has 0 atom stereocenters. The molecule has 118 valence electrons. The number of nitriles is 1. The second-order valence-corrected chi connectivity index (χ2v) is 3.95. The lowest BCUT2D eigenvalue weighted by atomic mass is 10.1. The van der Waals surface area contributed by atoms with E-state index in [1.54, 1.807) is 13.0 Å². The molecule has 8 heteroatoms. The maximum Gasteiger partial charge on any atom is 0.416 e. The van der Waals surface area contributed by atoms with Crippen LogP contribution in [0.4, 0.5) is 18.9 Å². The summed E-state index contributed by atoms with van der Waals surface area (Å²) in [6.45, 7) is 1.64. The molecule has 1 aromatic rings. The van der Waals surface area contributed by atoms with E-state index in [0.29, 0.717) is 0 Å². The highest BCUT2D eigenvalue weighted by Crippen LogP contribution is 2.34. The molecule has 0 aliphatic heterocycles. The number of carbonyl (C=O) groups is 1. The van der Waals surface area contributed by atoms with Crippen LogP contribution in [0.15, 0.2) is 30.0 Å². The Morgan fingerprint density at radius 3 is 2.64 bits per heavy atom. The Morgan fingerprint density at radius 1 is 1.45 bits per heavy atom. The van der Waals surface area contributed by atoms with Crippen molar-refractivity contribution in [3.63, 3.8) is 0 Å². The van der Waals surface area contributed by atoms with Gasteiger partial charge >= 0.3 is 12.1 Å². The van der Waals surface area contributed by atoms with E-state index in [-0.39, 0.29) is 23.6 Å². The highest BCUT2D eigenvalue weighted by molar-refractivity contribution is 5.93. The second kappa shape index (κ2) is 7.36. The summed E-state index contributed by atoms with van der Waals surface area (Å²) in [4.78, 5) is 11.4. The van der Waals surface area contributed by atoms with Crippen molar-refractivity contribution in [1.29, 1.82) is 5.26 Å². The smallest absolute Gasteiger partial charge is 0.416 e. The maximum atomic E-state index is 12.7. The number of benzene rings is 1. The fraction of sp³-hybridized carbons (Fsp3) is 0.286. The lowest BCUT2D eigenvalue weighted by Crippen LogP contribution is -2.09. The number of esters is 1. The molecule has 5 nitrogen and oxygen atoms in total. The van der Waals surface area contributed by atoms with Crippen molar-refractivity contribution in [1.82, 2.24) is 0 Å². The van der Waals surface area contributed by atoms with Crippen molar-refractivity contribution in [2.24, 2.45) is 0 Å². The first kappa shape index (κ1) is 17.4. The van der Waals surface area contributed by atoms with Crippen LogP contribution in [0.2, 0.25) is 0 Å². The molecule has 0 bridgehead atoms. The van der Waals surface area contributed by atoms with Gasteiger partial charge in [0.05, 0.1) is 25.0 Å². The number of alkyl halides is 3. The van der Waals surface area contributed by atoms with Crippen molar-refractivity contribution >= 4 is 11.7 Å². The summed E-state index contributed by atoms with van der Waals surface area (Å²) in [5, 5.41) is 11.3. The van der Waals surface area contributed by atoms with E-state index in [0.717, 1.165) is 24.4 Å². The molecule has 22 heavy (non-hydrogen) atoms. The van der Waals surface area contributed by atoms with Gasteiger partial charge in [0, 0.05) is 6.20 Å². The van der Waals surface area contributed by atoms with Crippen LogP contribution in [0, 0.1) is 11.3 Å². The predicted molar refractivity (Wildman–Crippen MR) is 71.9 cm³/mol. The van der Waals surface area contributed by atoms with Crippen molar-refractivity contribution in [2.75, 3.05) is 19.0 Å². The number of halogens is 3. The number of hydrogen-bond acceptors (Lipinski definition) is 5. The molecular weight excluding hydrogens is 301 g/mol. The van der Waals surface area contributed by atoms with Crippen LogP contribution in [-0.4, -0.2) is 19.7 Å². The quantitative estimate of drug-likeness (QED) is 0.514. The Balaban J connectivity index is 3.10. The predicted octanol–water partition coefficient (Wildman–Crippen LogP) is 3.10. The average Bonchev–Trinajstić information content (AvgIpc) is 2.47. The minimum Gasteiger partial charge on any atom is -0.495 e. The summed E-state index contributed by atoms with van der Waals surface area (Å²) in [5.74, 6) is -0.742. The van der Waals surface area contributed by atoms with Crippen LogP contribution >= 0.6 is 0 Å². The number of anilines is 1. The fourth-order valence-electron chi connectivity index (χ4n) is 1.49. The van der Waals surface area contributed by atoms with Crippen molar-refractivity contribution < 1.29 is 27.4 Å². The Hall–Kier alpha value is -2.69. The second-order valence-electron chi connectivity index (χ2n) is 3.95. The van der Waals surface area contributed by atoms with Gasteiger partial charge in [-0.05, 0) is 25.1 Å². The number of methoxy groups -OCH3 is 1. The summed E-state index contributed by atoms with van der Waals surface area (Å²) >= 11 is 0. The SMILES string of the molecule is CCOC(=O)C(C#N)=CNc1cc(C(F)(F)F)ccc1OC.